The number of ether oxygens (including phenoxy) is 3. The van der Waals surface area contributed by atoms with Crippen LogP contribution in [0.3, 0.4) is 0 Å². The molecule has 0 aliphatic carbocycles. The lowest BCUT2D eigenvalue weighted by Gasteiger charge is -2.23. The normalized spacial score (nSPS) is 18.1. The third-order valence-electron chi connectivity index (χ3n) is 3.49. The first-order valence-corrected chi connectivity index (χ1v) is 6.77. The Morgan fingerprint density at radius 2 is 2.11 bits per heavy atom. The average molecular weight is 266 g/mol. The number of rotatable bonds is 5. The van der Waals surface area contributed by atoms with Crippen molar-refractivity contribution in [2.45, 2.75) is 25.9 Å². The molecule has 19 heavy (non-hydrogen) atoms. The summed E-state index contributed by atoms with van der Waals surface area (Å²) in [6, 6.07) is 5.52. The summed E-state index contributed by atoms with van der Waals surface area (Å²) in [7, 11) is 1.62. The van der Waals surface area contributed by atoms with Crippen molar-refractivity contribution in [1.82, 2.24) is 0 Å². The summed E-state index contributed by atoms with van der Waals surface area (Å²) >= 11 is 0. The van der Waals surface area contributed by atoms with Gasteiger partial charge in [0.15, 0.2) is 0 Å². The predicted octanol–water partition coefficient (Wildman–Crippen LogP) is 2.55. The van der Waals surface area contributed by atoms with Gasteiger partial charge in [-0.3, -0.25) is 0 Å². The van der Waals surface area contributed by atoms with Crippen molar-refractivity contribution >= 4 is 0 Å². The van der Waals surface area contributed by atoms with Crippen molar-refractivity contribution in [3.63, 3.8) is 0 Å². The smallest absolute Gasteiger partial charge is 0.128 e. The van der Waals surface area contributed by atoms with E-state index in [2.05, 4.69) is 0 Å². The Balaban J connectivity index is 2.03. The summed E-state index contributed by atoms with van der Waals surface area (Å²) in [4.78, 5) is 0. The first-order valence-electron chi connectivity index (χ1n) is 6.77. The molecule has 1 aromatic rings. The van der Waals surface area contributed by atoms with Crippen LogP contribution >= 0.6 is 0 Å². The van der Waals surface area contributed by atoms with E-state index < -0.39 is 6.10 Å². The second-order valence-electron chi connectivity index (χ2n) is 4.95. The number of hydrogen-bond donors (Lipinski definition) is 1. The van der Waals surface area contributed by atoms with Gasteiger partial charge in [0, 0.05) is 24.8 Å². The van der Waals surface area contributed by atoms with E-state index >= 15 is 0 Å². The van der Waals surface area contributed by atoms with Gasteiger partial charge in [0.25, 0.3) is 0 Å². The molecule has 2 rings (SSSR count). The number of hydrogen-bond acceptors (Lipinski definition) is 4. The largest absolute Gasteiger partial charge is 0.497 e. The van der Waals surface area contributed by atoms with E-state index in [4.69, 9.17) is 14.2 Å². The zero-order valence-electron chi connectivity index (χ0n) is 11.6. The van der Waals surface area contributed by atoms with Crippen LogP contribution in [0.15, 0.2) is 18.2 Å². The predicted molar refractivity (Wildman–Crippen MR) is 72.7 cm³/mol. The summed E-state index contributed by atoms with van der Waals surface area (Å²) < 4.78 is 16.4. The number of aliphatic hydroxyl groups excluding tert-OH is 1. The van der Waals surface area contributed by atoms with Gasteiger partial charge in [-0.15, -0.1) is 0 Å². The van der Waals surface area contributed by atoms with E-state index in [1.807, 2.05) is 18.2 Å². The number of methoxy groups -OCH3 is 1. The second kappa shape index (κ2) is 6.78. The van der Waals surface area contributed by atoms with Crippen LogP contribution in [0.5, 0.6) is 11.5 Å². The molecule has 4 nitrogen and oxygen atoms in total. The van der Waals surface area contributed by atoms with Crippen LogP contribution in [0.1, 0.15) is 31.4 Å². The molecule has 1 aliphatic rings. The van der Waals surface area contributed by atoms with Gasteiger partial charge in [-0.2, -0.15) is 0 Å². The zero-order chi connectivity index (χ0) is 13.7. The summed E-state index contributed by atoms with van der Waals surface area (Å²) in [5.41, 5.74) is 0.799. The summed E-state index contributed by atoms with van der Waals surface area (Å²) in [5, 5.41) is 9.76. The van der Waals surface area contributed by atoms with Gasteiger partial charge in [-0.05, 0) is 37.8 Å². The van der Waals surface area contributed by atoms with E-state index in [1.54, 1.807) is 14.0 Å². The highest BCUT2D eigenvalue weighted by atomic mass is 16.5. The Bertz CT molecular complexity index is 397. The van der Waals surface area contributed by atoms with Gasteiger partial charge in [-0.1, -0.05) is 0 Å². The molecule has 0 radical (unpaired) electrons. The molecule has 1 heterocycles. The minimum atomic E-state index is -0.546. The molecule has 1 aliphatic heterocycles. The van der Waals surface area contributed by atoms with Crippen molar-refractivity contribution in [1.29, 1.82) is 0 Å². The third-order valence-corrected chi connectivity index (χ3v) is 3.49. The van der Waals surface area contributed by atoms with Gasteiger partial charge >= 0.3 is 0 Å². The molecule has 0 bridgehead atoms. The first kappa shape index (κ1) is 14.2. The molecule has 0 amide bonds. The highest BCUT2D eigenvalue weighted by Gasteiger charge is 2.16. The Hall–Kier alpha value is -1.26. The first-order chi connectivity index (χ1) is 9.20. The third kappa shape index (κ3) is 3.85. The highest BCUT2D eigenvalue weighted by molar-refractivity contribution is 5.41. The number of benzene rings is 1. The number of aliphatic hydroxyl groups is 1. The van der Waals surface area contributed by atoms with Crippen LogP contribution in [0.25, 0.3) is 0 Å². The van der Waals surface area contributed by atoms with Crippen LogP contribution in [0.4, 0.5) is 0 Å². The van der Waals surface area contributed by atoms with E-state index in [0.29, 0.717) is 18.3 Å². The zero-order valence-corrected chi connectivity index (χ0v) is 11.6. The summed E-state index contributed by atoms with van der Waals surface area (Å²) in [5.74, 6) is 1.98. The molecular formula is C15H22O4. The topological polar surface area (TPSA) is 47.9 Å². The Morgan fingerprint density at radius 1 is 1.37 bits per heavy atom. The van der Waals surface area contributed by atoms with E-state index in [1.165, 1.54) is 0 Å². The van der Waals surface area contributed by atoms with E-state index in [0.717, 1.165) is 37.4 Å². The molecule has 4 heteroatoms. The van der Waals surface area contributed by atoms with Crippen molar-refractivity contribution in [2.24, 2.45) is 5.92 Å². The molecule has 1 saturated heterocycles. The minimum absolute atomic E-state index is 0.529. The maximum atomic E-state index is 9.76. The van der Waals surface area contributed by atoms with Gasteiger partial charge in [0.1, 0.15) is 11.5 Å². The Kier molecular flexibility index (Phi) is 5.05. The Morgan fingerprint density at radius 3 is 2.74 bits per heavy atom. The average Bonchev–Trinajstić information content (AvgIpc) is 2.45. The standard InChI is InChI=1S/C15H22O4/c1-11(16)14-4-3-13(17-2)9-15(14)19-10-12-5-7-18-8-6-12/h3-4,9,11-12,16H,5-8,10H2,1-2H3/t11-/m1/s1. The molecular weight excluding hydrogens is 244 g/mol. The van der Waals surface area contributed by atoms with Crippen molar-refractivity contribution in [3.8, 4) is 11.5 Å². The molecule has 0 unspecified atom stereocenters. The lowest BCUT2D eigenvalue weighted by Crippen LogP contribution is -2.21. The fraction of sp³-hybridized carbons (Fsp3) is 0.600. The van der Waals surface area contributed by atoms with Gasteiger partial charge in [0.05, 0.1) is 19.8 Å². The van der Waals surface area contributed by atoms with Crippen molar-refractivity contribution < 1.29 is 19.3 Å². The van der Waals surface area contributed by atoms with Crippen LogP contribution in [-0.2, 0) is 4.74 Å². The highest BCUT2D eigenvalue weighted by Crippen LogP contribution is 2.30. The monoisotopic (exact) mass is 266 g/mol. The molecule has 0 aromatic heterocycles. The molecule has 0 spiro atoms. The SMILES string of the molecule is COc1ccc([C@@H](C)O)c(OCC2CCOCC2)c1. The lowest BCUT2D eigenvalue weighted by molar-refractivity contribution is 0.0491. The van der Waals surface area contributed by atoms with Gasteiger partial charge in [-0.25, -0.2) is 0 Å². The Labute approximate surface area is 114 Å². The van der Waals surface area contributed by atoms with Crippen LogP contribution in [0.2, 0.25) is 0 Å². The van der Waals surface area contributed by atoms with E-state index in [-0.39, 0.29) is 0 Å². The molecule has 106 valence electrons. The van der Waals surface area contributed by atoms with Crippen LogP contribution in [-0.4, -0.2) is 32.0 Å². The fourth-order valence-electron chi connectivity index (χ4n) is 2.23. The van der Waals surface area contributed by atoms with Gasteiger partial charge < -0.3 is 19.3 Å². The minimum Gasteiger partial charge on any atom is -0.497 e. The molecule has 1 fully saturated rings. The second-order valence-corrected chi connectivity index (χ2v) is 4.95. The molecule has 1 N–H and O–H groups in total. The summed E-state index contributed by atoms with van der Waals surface area (Å²) in [6.45, 7) is 4.03. The molecule has 1 atom stereocenters. The lowest BCUT2D eigenvalue weighted by atomic mass is 10.0. The van der Waals surface area contributed by atoms with Crippen molar-refractivity contribution in [2.75, 3.05) is 26.9 Å². The maximum absolute atomic E-state index is 9.76. The van der Waals surface area contributed by atoms with Crippen molar-refractivity contribution in [3.05, 3.63) is 23.8 Å². The van der Waals surface area contributed by atoms with Gasteiger partial charge in [0.2, 0.25) is 0 Å². The van der Waals surface area contributed by atoms with Crippen LogP contribution in [0, 0.1) is 5.92 Å². The summed E-state index contributed by atoms with van der Waals surface area (Å²) in [6.07, 6.45) is 1.53. The quantitative estimate of drug-likeness (QED) is 0.889. The fourth-order valence-corrected chi connectivity index (χ4v) is 2.23. The van der Waals surface area contributed by atoms with Crippen LogP contribution < -0.4 is 9.47 Å². The maximum Gasteiger partial charge on any atom is 0.128 e. The molecule has 1 aromatic carbocycles. The molecule has 0 saturated carbocycles. The van der Waals surface area contributed by atoms with E-state index in [9.17, 15) is 5.11 Å².